The summed E-state index contributed by atoms with van der Waals surface area (Å²) in [7, 11) is 0. The van der Waals surface area contributed by atoms with Gasteiger partial charge in [0.15, 0.2) is 0 Å². The van der Waals surface area contributed by atoms with Gasteiger partial charge in [0.2, 0.25) is 0 Å². The Morgan fingerprint density at radius 2 is 1.84 bits per heavy atom. The van der Waals surface area contributed by atoms with Crippen molar-refractivity contribution in [2.45, 2.75) is 45.8 Å². The molecule has 3 heterocycles. The van der Waals surface area contributed by atoms with Crippen LogP contribution in [0.4, 0.5) is 16.2 Å². The van der Waals surface area contributed by atoms with E-state index in [2.05, 4.69) is 29.4 Å². The second-order valence-corrected chi connectivity index (χ2v) is 12.1. The lowest BCUT2D eigenvalue weighted by atomic mass is 9.92. The van der Waals surface area contributed by atoms with Crippen molar-refractivity contribution in [2.75, 3.05) is 22.6 Å². The number of pyridine rings is 1. The van der Waals surface area contributed by atoms with Crippen LogP contribution in [-0.4, -0.2) is 39.4 Å². The monoisotopic (exact) mass is 596 g/mol. The third kappa shape index (κ3) is 5.75. The number of ether oxygens (including phenoxy) is 2. The number of aromatic nitrogens is 2. The quantitative estimate of drug-likeness (QED) is 0.203. The number of imidazole rings is 1. The summed E-state index contributed by atoms with van der Waals surface area (Å²) in [5.74, 6) is 0.798. The fraction of sp³-hybridized carbons (Fsp3) is 0.265. The zero-order chi connectivity index (χ0) is 30.3. The van der Waals surface area contributed by atoms with E-state index in [-0.39, 0.29) is 17.5 Å². The van der Waals surface area contributed by atoms with Gasteiger partial charge in [-0.25, -0.2) is 9.78 Å². The van der Waals surface area contributed by atoms with E-state index in [9.17, 15) is 9.59 Å². The molecule has 8 nitrogen and oxygen atoms in total. The van der Waals surface area contributed by atoms with Crippen molar-refractivity contribution in [1.29, 1.82) is 0 Å². The van der Waals surface area contributed by atoms with E-state index >= 15 is 0 Å². The Balaban J connectivity index is 1.35. The summed E-state index contributed by atoms with van der Waals surface area (Å²) >= 11 is 6.51. The number of aryl methyl sites for hydroxylation is 1. The predicted molar refractivity (Wildman–Crippen MR) is 170 cm³/mol. The number of carbonyl (C=O) groups excluding carboxylic acids is 2. The minimum absolute atomic E-state index is 0.0472. The highest BCUT2D eigenvalue weighted by molar-refractivity contribution is 6.19. The highest BCUT2D eigenvalue weighted by Gasteiger charge is 2.36. The van der Waals surface area contributed by atoms with Crippen LogP contribution in [0.3, 0.4) is 0 Å². The Bertz CT molecular complexity index is 1840. The van der Waals surface area contributed by atoms with Crippen molar-refractivity contribution in [3.05, 3.63) is 102 Å². The van der Waals surface area contributed by atoms with Gasteiger partial charge in [-0.1, -0.05) is 48.5 Å². The standard InChI is InChI=1S/C34H33ClN4O4/c1-21-9-8-12-25-28(42-20-22-10-6-5-7-11-22)15-27-31(30(21)25)23(16-35)17-39(27)32(40)26-19-38-18-24(13-14-29(38)37-26)36-33(41)43-34(2,3)4/h5-15,18-19,23H,16-17,20H2,1-4H3,(H,36,41). The first-order valence-corrected chi connectivity index (χ1v) is 14.7. The van der Waals surface area contributed by atoms with E-state index < -0.39 is 11.7 Å². The number of alkyl halides is 1. The zero-order valence-electron chi connectivity index (χ0n) is 24.6. The smallest absolute Gasteiger partial charge is 0.412 e. The maximum absolute atomic E-state index is 14.0. The summed E-state index contributed by atoms with van der Waals surface area (Å²) in [6.45, 7) is 8.32. The van der Waals surface area contributed by atoms with E-state index in [1.807, 2.05) is 42.5 Å². The summed E-state index contributed by atoms with van der Waals surface area (Å²) in [5, 5.41) is 4.79. The summed E-state index contributed by atoms with van der Waals surface area (Å²) in [5.41, 5.74) is 4.75. The van der Waals surface area contributed by atoms with Gasteiger partial charge in [0, 0.05) is 42.2 Å². The molecule has 220 valence electrons. The lowest BCUT2D eigenvalue weighted by Crippen LogP contribution is -2.30. The minimum atomic E-state index is -0.619. The van der Waals surface area contributed by atoms with Crippen LogP contribution in [-0.2, 0) is 11.3 Å². The van der Waals surface area contributed by atoms with Crippen LogP contribution in [0.1, 0.15) is 53.9 Å². The van der Waals surface area contributed by atoms with Crippen LogP contribution in [0.5, 0.6) is 5.75 Å². The Hall–Kier alpha value is -4.56. The lowest BCUT2D eigenvalue weighted by Gasteiger charge is -2.19. The van der Waals surface area contributed by atoms with Gasteiger partial charge in [0.1, 0.15) is 29.3 Å². The maximum Gasteiger partial charge on any atom is 0.412 e. The summed E-state index contributed by atoms with van der Waals surface area (Å²) in [6.07, 6.45) is 2.82. The molecular weight excluding hydrogens is 564 g/mol. The van der Waals surface area contributed by atoms with E-state index in [4.69, 9.17) is 21.1 Å². The molecule has 0 spiro atoms. The second kappa shape index (κ2) is 11.3. The summed E-state index contributed by atoms with van der Waals surface area (Å²) in [6, 6.07) is 21.6. The number of halogens is 1. The van der Waals surface area contributed by atoms with Crippen molar-refractivity contribution in [3.63, 3.8) is 0 Å². The molecular formula is C34H33ClN4O4. The van der Waals surface area contributed by atoms with Crippen LogP contribution < -0.4 is 15.0 Å². The number of nitrogens with zero attached hydrogens (tertiary/aromatic N) is 3. The fourth-order valence-corrected chi connectivity index (χ4v) is 5.84. The molecule has 43 heavy (non-hydrogen) atoms. The number of hydrogen-bond acceptors (Lipinski definition) is 5. The van der Waals surface area contributed by atoms with Crippen LogP contribution in [0, 0.1) is 6.92 Å². The number of carbonyl (C=O) groups is 2. The van der Waals surface area contributed by atoms with Crippen LogP contribution in [0.2, 0.25) is 0 Å². The molecule has 1 atom stereocenters. The molecule has 6 rings (SSSR count). The van der Waals surface area contributed by atoms with Gasteiger partial charge >= 0.3 is 6.09 Å². The molecule has 0 saturated heterocycles. The topological polar surface area (TPSA) is 85.2 Å². The third-order valence-corrected chi connectivity index (χ3v) is 7.81. The molecule has 2 amide bonds. The molecule has 0 aliphatic carbocycles. The zero-order valence-corrected chi connectivity index (χ0v) is 25.3. The molecule has 0 bridgehead atoms. The molecule has 0 radical (unpaired) electrons. The highest BCUT2D eigenvalue weighted by atomic mass is 35.5. The average Bonchev–Trinajstić information content (AvgIpc) is 3.56. The number of hydrogen-bond donors (Lipinski definition) is 1. The molecule has 1 aliphatic heterocycles. The molecule has 9 heteroatoms. The van der Waals surface area contributed by atoms with Gasteiger partial charge < -0.3 is 18.8 Å². The first-order valence-electron chi connectivity index (χ1n) is 14.2. The van der Waals surface area contributed by atoms with Crippen molar-refractivity contribution < 1.29 is 19.1 Å². The number of benzene rings is 3. The minimum Gasteiger partial charge on any atom is -0.488 e. The van der Waals surface area contributed by atoms with E-state index in [1.54, 1.807) is 54.6 Å². The first kappa shape index (κ1) is 28.6. The predicted octanol–water partition coefficient (Wildman–Crippen LogP) is 7.70. The molecule has 5 aromatic rings. The van der Waals surface area contributed by atoms with Crippen LogP contribution >= 0.6 is 11.6 Å². The molecule has 3 aromatic carbocycles. The van der Waals surface area contributed by atoms with Crippen molar-refractivity contribution in [3.8, 4) is 5.75 Å². The van der Waals surface area contributed by atoms with E-state index in [0.29, 0.717) is 36.1 Å². The molecule has 0 fully saturated rings. The number of amides is 2. The van der Waals surface area contributed by atoms with Crippen LogP contribution in [0.25, 0.3) is 16.4 Å². The number of fused-ring (bicyclic) bond motifs is 4. The van der Waals surface area contributed by atoms with Gasteiger partial charge in [-0.2, -0.15) is 0 Å². The van der Waals surface area contributed by atoms with Gasteiger partial charge in [-0.05, 0) is 61.9 Å². The molecule has 1 aliphatic rings. The number of rotatable bonds is 6. The third-order valence-electron chi connectivity index (χ3n) is 7.44. The van der Waals surface area contributed by atoms with E-state index in [0.717, 1.165) is 33.2 Å². The molecule has 1 unspecified atom stereocenters. The van der Waals surface area contributed by atoms with Crippen molar-refractivity contribution >= 4 is 51.4 Å². The molecule has 2 aromatic heterocycles. The largest absolute Gasteiger partial charge is 0.488 e. The maximum atomic E-state index is 14.0. The average molecular weight is 597 g/mol. The lowest BCUT2D eigenvalue weighted by molar-refractivity contribution is 0.0635. The first-order chi connectivity index (χ1) is 20.6. The Morgan fingerprint density at radius 3 is 2.58 bits per heavy atom. The van der Waals surface area contributed by atoms with Gasteiger partial charge in [0.05, 0.1) is 11.4 Å². The van der Waals surface area contributed by atoms with Gasteiger partial charge in [-0.15, -0.1) is 11.6 Å². The van der Waals surface area contributed by atoms with Crippen LogP contribution in [0.15, 0.2) is 79.1 Å². The molecule has 1 N–H and O–H groups in total. The number of anilines is 2. The van der Waals surface area contributed by atoms with Crippen molar-refractivity contribution in [2.24, 2.45) is 0 Å². The second-order valence-electron chi connectivity index (χ2n) is 11.8. The van der Waals surface area contributed by atoms with Gasteiger partial charge in [0.25, 0.3) is 5.91 Å². The van der Waals surface area contributed by atoms with Gasteiger partial charge in [-0.3, -0.25) is 10.1 Å². The Kier molecular flexibility index (Phi) is 7.48. The Labute approximate surface area is 255 Å². The normalized spacial score (nSPS) is 14.6. The van der Waals surface area contributed by atoms with E-state index in [1.165, 1.54) is 0 Å². The summed E-state index contributed by atoms with van der Waals surface area (Å²) in [4.78, 5) is 32.7. The number of nitrogens with one attached hydrogen (secondary N) is 1. The highest BCUT2D eigenvalue weighted by Crippen LogP contribution is 2.47. The Morgan fingerprint density at radius 1 is 1.05 bits per heavy atom. The fourth-order valence-electron chi connectivity index (χ4n) is 5.59. The summed E-state index contributed by atoms with van der Waals surface area (Å²) < 4.78 is 13.4. The SMILES string of the molecule is Cc1cccc2c(OCc3ccccc3)cc3c(c12)C(CCl)CN3C(=O)c1cn2cc(NC(=O)OC(C)(C)C)ccc2n1. The van der Waals surface area contributed by atoms with Crippen molar-refractivity contribution in [1.82, 2.24) is 9.38 Å². The molecule has 0 saturated carbocycles.